The third-order valence-corrected chi connectivity index (χ3v) is 4.06. The molecule has 11 heteroatoms. The lowest BCUT2D eigenvalue weighted by molar-refractivity contribution is -0.127. The molecule has 0 atom stereocenters. The SMILES string of the molecule is CNC(=S)N/N=C(/C(=N/NC(N)=S)c1ccccc1)c1ccc(CC(F)(F)F)cc1. The highest BCUT2D eigenvalue weighted by Crippen LogP contribution is 2.22. The first kappa shape index (κ1) is 23.2. The summed E-state index contributed by atoms with van der Waals surface area (Å²) in [6.45, 7) is 0. The predicted molar refractivity (Wildman–Crippen MR) is 120 cm³/mol. The van der Waals surface area contributed by atoms with Crippen LogP contribution >= 0.6 is 24.4 Å². The number of rotatable bonds is 6. The first-order chi connectivity index (χ1) is 14.2. The van der Waals surface area contributed by atoms with Crippen LogP contribution in [0.1, 0.15) is 16.7 Å². The maximum atomic E-state index is 12.7. The van der Waals surface area contributed by atoms with E-state index in [0.29, 0.717) is 22.6 Å². The molecule has 158 valence electrons. The molecule has 0 aliphatic carbocycles. The molecule has 0 radical (unpaired) electrons. The van der Waals surface area contributed by atoms with Crippen molar-refractivity contribution in [2.24, 2.45) is 15.9 Å². The highest BCUT2D eigenvalue weighted by Gasteiger charge is 2.27. The summed E-state index contributed by atoms with van der Waals surface area (Å²) in [6.07, 6.45) is -5.32. The number of nitrogens with zero attached hydrogens (tertiary/aromatic N) is 2. The van der Waals surface area contributed by atoms with Gasteiger partial charge in [0.2, 0.25) is 0 Å². The molecule has 30 heavy (non-hydrogen) atoms. The van der Waals surface area contributed by atoms with E-state index in [-0.39, 0.29) is 15.8 Å². The molecular weight excluding hydrogens is 433 g/mol. The summed E-state index contributed by atoms with van der Waals surface area (Å²) in [4.78, 5) is 0. The molecule has 0 saturated carbocycles. The molecule has 0 bridgehead atoms. The number of hydrazone groups is 2. The predicted octanol–water partition coefficient (Wildman–Crippen LogP) is 2.83. The maximum Gasteiger partial charge on any atom is 0.393 e. The zero-order chi connectivity index (χ0) is 22.1. The minimum atomic E-state index is -4.30. The standard InChI is InChI=1S/C19H19F3N6S2/c1-24-18(30)28-26-16(14-9-7-12(8-10-14)11-19(20,21)22)15(25-27-17(23)29)13-5-3-2-4-6-13/h2-10H,11H2,1H3,(H3,23,27,29)(H2,24,28,30)/b25-15+,26-16+. The average molecular weight is 453 g/mol. The summed E-state index contributed by atoms with van der Waals surface area (Å²) < 4.78 is 38.0. The maximum absolute atomic E-state index is 12.7. The number of nitrogens with one attached hydrogen (secondary N) is 3. The molecule has 0 amide bonds. The minimum Gasteiger partial charge on any atom is -0.375 e. The molecule has 2 rings (SSSR count). The van der Waals surface area contributed by atoms with E-state index in [9.17, 15) is 13.2 Å². The van der Waals surface area contributed by atoms with Crippen LogP contribution in [0.5, 0.6) is 0 Å². The summed E-state index contributed by atoms with van der Waals surface area (Å²) >= 11 is 9.89. The normalized spacial score (nSPS) is 12.3. The largest absolute Gasteiger partial charge is 0.393 e. The van der Waals surface area contributed by atoms with Gasteiger partial charge in [-0.1, -0.05) is 54.6 Å². The lowest BCUT2D eigenvalue weighted by Crippen LogP contribution is -2.32. The van der Waals surface area contributed by atoms with Crippen molar-refractivity contribution < 1.29 is 13.2 Å². The van der Waals surface area contributed by atoms with Gasteiger partial charge in [0.25, 0.3) is 0 Å². The third kappa shape index (κ3) is 7.41. The molecular formula is C19H19F3N6S2. The van der Waals surface area contributed by atoms with E-state index in [4.69, 9.17) is 30.2 Å². The number of hydrogen-bond acceptors (Lipinski definition) is 4. The van der Waals surface area contributed by atoms with Gasteiger partial charge in [-0.05, 0) is 30.0 Å². The van der Waals surface area contributed by atoms with Gasteiger partial charge in [-0.2, -0.15) is 23.4 Å². The van der Waals surface area contributed by atoms with Gasteiger partial charge in [0.05, 0.1) is 6.42 Å². The van der Waals surface area contributed by atoms with Crippen LogP contribution in [0.4, 0.5) is 13.2 Å². The molecule has 6 nitrogen and oxygen atoms in total. The van der Waals surface area contributed by atoms with Gasteiger partial charge < -0.3 is 11.1 Å². The van der Waals surface area contributed by atoms with Crippen molar-refractivity contribution in [3.63, 3.8) is 0 Å². The van der Waals surface area contributed by atoms with E-state index in [2.05, 4.69) is 26.4 Å². The van der Waals surface area contributed by atoms with Crippen LogP contribution in [0, 0.1) is 0 Å². The molecule has 0 aromatic heterocycles. The first-order valence-electron chi connectivity index (χ1n) is 8.60. The van der Waals surface area contributed by atoms with Crippen molar-refractivity contribution in [1.29, 1.82) is 0 Å². The Balaban J connectivity index is 2.53. The Bertz CT molecular complexity index is 941. The van der Waals surface area contributed by atoms with Crippen molar-refractivity contribution in [1.82, 2.24) is 16.2 Å². The summed E-state index contributed by atoms with van der Waals surface area (Å²) in [5.74, 6) is 0. The van der Waals surface area contributed by atoms with Crippen molar-refractivity contribution in [2.45, 2.75) is 12.6 Å². The molecule has 2 aromatic carbocycles. The second-order valence-corrected chi connectivity index (χ2v) is 6.79. The molecule has 0 saturated heterocycles. The first-order valence-corrected chi connectivity index (χ1v) is 9.41. The minimum absolute atomic E-state index is 0.0537. The quantitative estimate of drug-likeness (QED) is 0.306. The second kappa shape index (κ2) is 10.6. The van der Waals surface area contributed by atoms with E-state index in [1.165, 1.54) is 24.3 Å². The van der Waals surface area contributed by atoms with Gasteiger partial charge in [0, 0.05) is 18.2 Å². The molecule has 0 aliphatic rings. The number of halogens is 3. The van der Waals surface area contributed by atoms with Crippen molar-refractivity contribution in [3.8, 4) is 0 Å². The number of alkyl halides is 3. The van der Waals surface area contributed by atoms with Crippen LogP contribution in [0.15, 0.2) is 64.8 Å². The Morgan fingerprint density at radius 2 is 1.43 bits per heavy atom. The number of thiocarbonyl (C=S) groups is 2. The topological polar surface area (TPSA) is 86.8 Å². The van der Waals surface area contributed by atoms with E-state index < -0.39 is 12.6 Å². The van der Waals surface area contributed by atoms with E-state index in [0.717, 1.165) is 0 Å². The van der Waals surface area contributed by atoms with Gasteiger partial charge in [0.15, 0.2) is 10.2 Å². The van der Waals surface area contributed by atoms with E-state index in [1.54, 1.807) is 31.3 Å². The van der Waals surface area contributed by atoms with Crippen molar-refractivity contribution in [3.05, 3.63) is 71.3 Å². The Morgan fingerprint density at radius 1 is 0.900 bits per heavy atom. The van der Waals surface area contributed by atoms with Gasteiger partial charge in [-0.25, -0.2) is 0 Å². The fourth-order valence-electron chi connectivity index (χ4n) is 2.39. The van der Waals surface area contributed by atoms with Crippen molar-refractivity contribution in [2.75, 3.05) is 7.05 Å². The lowest BCUT2D eigenvalue weighted by Gasteiger charge is -2.13. The van der Waals surface area contributed by atoms with E-state index in [1.807, 2.05) is 6.07 Å². The van der Waals surface area contributed by atoms with Gasteiger partial charge in [-0.15, -0.1) is 0 Å². The van der Waals surface area contributed by atoms with E-state index >= 15 is 0 Å². The molecule has 0 fully saturated rings. The van der Waals surface area contributed by atoms with Gasteiger partial charge >= 0.3 is 6.18 Å². The van der Waals surface area contributed by atoms with Crippen molar-refractivity contribution >= 4 is 46.1 Å². The fourth-order valence-corrected chi connectivity index (χ4v) is 2.48. The van der Waals surface area contributed by atoms with Crippen LogP contribution in [0.2, 0.25) is 0 Å². The lowest BCUT2D eigenvalue weighted by atomic mass is 9.98. The Labute approximate surface area is 182 Å². The molecule has 0 heterocycles. The number of benzene rings is 2. The Kier molecular flexibility index (Phi) is 8.25. The fraction of sp³-hybridized carbons (Fsp3) is 0.158. The van der Waals surface area contributed by atoms with Crippen LogP contribution in [0.3, 0.4) is 0 Å². The van der Waals surface area contributed by atoms with Crippen LogP contribution in [-0.2, 0) is 6.42 Å². The third-order valence-electron chi connectivity index (χ3n) is 3.68. The zero-order valence-corrected chi connectivity index (χ0v) is 17.5. The monoisotopic (exact) mass is 452 g/mol. The number of nitrogens with two attached hydrogens (primary N) is 1. The Morgan fingerprint density at radius 3 is 1.93 bits per heavy atom. The number of hydrogen-bond donors (Lipinski definition) is 4. The molecule has 2 aromatic rings. The molecule has 0 unspecified atom stereocenters. The summed E-state index contributed by atoms with van der Waals surface area (Å²) in [6, 6.07) is 14.9. The van der Waals surface area contributed by atoms with Gasteiger partial charge in [-0.3, -0.25) is 10.9 Å². The molecule has 5 N–H and O–H groups in total. The van der Waals surface area contributed by atoms with Gasteiger partial charge in [0.1, 0.15) is 11.4 Å². The molecule has 0 aliphatic heterocycles. The summed E-state index contributed by atoms with van der Waals surface area (Å²) in [5.41, 5.74) is 12.7. The zero-order valence-electron chi connectivity index (χ0n) is 15.8. The van der Waals surface area contributed by atoms with Crippen LogP contribution in [-0.4, -0.2) is 34.9 Å². The van der Waals surface area contributed by atoms with Crippen LogP contribution < -0.4 is 21.9 Å². The summed E-state index contributed by atoms with van der Waals surface area (Å²) in [7, 11) is 1.62. The Hall–Kier alpha value is -3.05. The van der Waals surface area contributed by atoms with Crippen LogP contribution in [0.25, 0.3) is 0 Å². The molecule has 0 spiro atoms. The second-order valence-electron chi connectivity index (χ2n) is 5.94. The highest BCUT2D eigenvalue weighted by atomic mass is 32.1. The highest BCUT2D eigenvalue weighted by molar-refractivity contribution is 7.80. The smallest absolute Gasteiger partial charge is 0.375 e. The average Bonchev–Trinajstić information content (AvgIpc) is 2.70. The summed E-state index contributed by atoms with van der Waals surface area (Å²) in [5, 5.41) is 11.5.